The number of hydrogen-bond donors (Lipinski definition) is 3. The number of pyridine rings is 3. The van der Waals surface area contributed by atoms with E-state index in [2.05, 4.69) is 25.1 Å². The van der Waals surface area contributed by atoms with Crippen molar-refractivity contribution < 1.29 is 9.90 Å². The topological polar surface area (TPSA) is 133 Å². The molecule has 0 aliphatic heterocycles. The Morgan fingerprint density at radius 3 is 2.67 bits per heavy atom. The zero-order chi connectivity index (χ0) is 22.5. The number of H-pyrrole nitrogens is 2. The highest BCUT2D eigenvalue weighted by molar-refractivity contribution is 7.17. The zero-order valence-corrected chi connectivity index (χ0v) is 18.0. The molecule has 6 aromatic rings. The highest BCUT2D eigenvalue weighted by atomic mass is 32.1. The second-order valence-corrected chi connectivity index (χ2v) is 8.57. The van der Waals surface area contributed by atoms with Crippen LogP contribution >= 0.6 is 11.3 Å². The van der Waals surface area contributed by atoms with Crippen molar-refractivity contribution in [2.24, 2.45) is 0 Å². The van der Waals surface area contributed by atoms with Crippen molar-refractivity contribution in [3.8, 4) is 39.0 Å². The van der Waals surface area contributed by atoms with Crippen LogP contribution in [0.1, 0.15) is 16.6 Å². The molecule has 0 saturated carbocycles. The van der Waals surface area contributed by atoms with Crippen LogP contribution in [0.2, 0.25) is 0 Å². The molecule has 0 amide bonds. The lowest BCUT2D eigenvalue weighted by Gasteiger charge is -2.01. The Morgan fingerprint density at radius 1 is 0.970 bits per heavy atom. The Kier molecular flexibility index (Phi) is 4.27. The van der Waals surface area contributed by atoms with Gasteiger partial charge in [-0.2, -0.15) is 5.10 Å². The van der Waals surface area contributed by atoms with Gasteiger partial charge in [-0.25, -0.2) is 9.97 Å². The van der Waals surface area contributed by atoms with Crippen LogP contribution < -0.4 is 0 Å². The summed E-state index contributed by atoms with van der Waals surface area (Å²) in [7, 11) is 0. The molecule has 0 aliphatic carbocycles. The van der Waals surface area contributed by atoms with Crippen LogP contribution in [0.3, 0.4) is 0 Å². The molecule has 10 heteroatoms. The van der Waals surface area contributed by atoms with Gasteiger partial charge >= 0.3 is 0 Å². The molecule has 0 bridgehead atoms. The summed E-state index contributed by atoms with van der Waals surface area (Å²) in [5, 5.41) is 17.2. The minimum absolute atomic E-state index is 0.0286. The van der Waals surface area contributed by atoms with Crippen LogP contribution in [-0.2, 0) is 0 Å². The molecule has 160 valence electrons. The molecule has 0 fully saturated rings. The Bertz CT molecular complexity index is 1680. The van der Waals surface area contributed by atoms with Crippen molar-refractivity contribution >= 4 is 39.2 Å². The molecule has 0 atom stereocenters. The van der Waals surface area contributed by atoms with E-state index in [0.717, 1.165) is 27.0 Å². The fourth-order valence-electron chi connectivity index (χ4n) is 3.69. The fraction of sp³-hybridized carbons (Fsp3) is 0.0435. The van der Waals surface area contributed by atoms with E-state index in [0.29, 0.717) is 33.2 Å². The van der Waals surface area contributed by atoms with Gasteiger partial charge in [0.05, 0.1) is 34.0 Å². The molecule has 6 rings (SSSR count). The van der Waals surface area contributed by atoms with Gasteiger partial charge in [-0.05, 0) is 37.3 Å². The van der Waals surface area contributed by atoms with Gasteiger partial charge in [0.2, 0.25) is 0 Å². The molecular weight excluding hydrogens is 438 g/mol. The fourth-order valence-corrected chi connectivity index (χ4v) is 4.60. The van der Waals surface area contributed by atoms with E-state index in [1.165, 1.54) is 17.5 Å². The zero-order valence-electron chi connectivity index (χ0n) is 17.2. The number of aromatic hydroxyl groups is 1. The van der Waals surface area contributed by atoms with Gasteiger partial charge in [-0.1, -0.05) is 0 Å². The first-order valence-corrected chi connectivity index (χ1v) is 10.8. The van der Waals surface area contributed by atoms with Crippen LogP contribution in [0.4, 0.5) is 0 Å². The Hall–Kier alpha value is -4.44. The summed E-state index contributed by atoms with van der Waals surface area (Å²) in [6.45, 7) is 1.55. The third kappa shape index (κ3) is 3.24. The number of nitrogens with one attached hydrogen (secondary N) is 2. The van der Waals surface area contributed by atoms with Crippen molar-refractivity contribution in [2.75, 3.05) is 0 Å². The number of carbonyl (C=O) groups is 1. The maximum Gasteiger partial charge on any atom is 0.169 e. The van der Waals surface area contributed by atoms with Crippen LogP contribution in [0.25, 0.3) is 55.3 Å². The van der Waals surface area contributed by atoms with E-state index < -0.39 is 0 Å². The number of ketones is 1. The van der Waals surface area contributed by atoms with Crippen LogP contribution in [0, 0.1) is 0 Å². The minimum atomic E-state index is 0.0286. The summed E-state index contributed by atoms with van der Waals surface area (Å²) < 4.78 is 0. The molecule has 33 heavy (non-hydrogen) atoms. The molecule has 0 radical (unpaired) electrons. The SMILES string of the molecule is CC(=O)c1ccc(-c2cncc3[nH]c(-c4n[nH]c5ccc(-c6cncc(O)c6)nc45)nc23)s1. The van der Waals surface area contributed by atoms with E-state index in [1.54, 1.807) is 31.6 Å². The lowest BCUT2D eigenvalue weighted by molar-refractivity contribution is 0.102. The van der Waals surface area contributed by atoms with E-state index in [4.69, 9.17) is 9.97 Å². The summed E-state index contributed by atoms with van der Waals surface area (Å²) in [5.74, 6) is 0.647. The number of thiophene rings is 1. The van der Waals surface area contributed by atoms with E-state index in [1.807, 2.05) is 24.3 Å². The second-order valence-electron chi connectivity index (χ2n) is 7.49. The van der Waals surface area contributed by atoms with E-state index >= 15 is 0 Å². The van der Waals surface area contributed by atoms with E-state index in [-0.39, 0.29) is 11.5 Å². The van der Waals surface area contributed by atoms with Crippen molar-refractivity contribution in [1.29, 1.82) is 0 Å². The number of fused-ring (bicyclic) bond motifs is 2. The van der Waals surface area contributed by atoms with Crippen molar-refractivity contribution in [2.45, 2.75) is 6.92 Å². The molecule has 3 N–H and O–H groups in total. The first-order valence-electron chi connectivity index (χ1n) is 10.0. The minimum Gasteiger partial charge on any atom is -0.506 e. The predicted molar refractivity (Wildman–Crippen MR) is 125 cm³/mol. The normalized spacial score (nSPS) is 11.4. The number of nitrogens with zero attached hydrogens (tertiary/aromatic N) is 5. The average molecular weight is 453 g/mol. The average Bonchev–Trinajstić information content (AvgIpc) is 3.55. The third-order valence-electron chi connectivity index (χ3n) is 5.26. The van der Waals surface area contributed by atoms with Crippen molar-refractivity contribution in [3.63, 3.8) is 0 Å². The number of carbonyl (C=O) groups excluding carboxylic acids is 1. The Balaban J connectivity index is 1.48. The monoisotopic (exact) mass is 453 g/mol. The lowest BCUT2D eigenvalue weighted by atomic mass is 10.1. The number of hydrogen-bond acceptors (Lipinski definition) is 8. The van der Waals surface area contributed by atoms with Gasteiger partial charge in [0, 0.05) is 28.4 Å². The molecule has 9 nitrogen and oxygen atoms in total. The quantitative estimate of drug-likeness (QED) is 0.332. The van der Waals surface area contributed by atoms with E-state index in [9.17, 15) is 9.90 Å². The van der Waals surface area contributed by atoms with Crippen molar-refractivity contribution in [3.05, 3.63) is 60.0 Å². The smallest absolute Gasteiger partial charge is 0.169 e. The van der Waals surface area contributed by atoms with Gasteiger partial charge in [-0.3, -0.25) is 19.9 Å². The van der Waals surface area contributed by atoms with Gasteiger partial charge in [0.15, 0.2) is 17.3 Å². The Morgan fingerprint density at radius 2 is 1.85 bits per heavy atom. The number of Topliss-reactive ketones (excluding diaryl/α,β-unsaturated/α-hetero) is 1. The highest BCUT2D eigenvalue weighted by Crippen LogP contribution is 2.34. The number of imidazole rings is 1. The summed E-state index contributed by atoms with van der Waals surface area (Å²) in [5.41, 5.74) is 5.64. The summed E-state index contributed by atoms with van der Waals surface area (Å²) in [6, 6.07) is 9.05. The Labute approximate surface area is 190 Å². The lowest BCUT2D eigenvalue weighted by Crippen LogP contribution is -1.87. The largest absolute Gasteiger partial charge is 0.506 e. The molecule has 6 heterocycles. The van der Waals surface area contributed by atoms with Gasteiger partial charge in [0.25, 0.3) is 0 Å². The molecular formula is C23H15N7O2S. The predicted octanol–water partition coefficient (Wildman–Crippen LogP) is 4.59. The maximum atomic E-state index is 11.7. The maximum absolute atomic E-state index is 11.7. The molecule has 0 saturated heterocycles. The number of aromatic amines is 2. The summed E-state index contributed by atoms with van der Waals surface area (Å²) in [6.07, 6.45) is 6.47. The molecule has 6 aromatic heterocycles. The summed E-state index contributed by atoms with van der Waals surface area (Å²) >= 11 is 1.42. The van der Waals surface area contributed by atoms with Gasteiger partial charge in [0.1, 0.15) is 16.8 Å². The van der Waals surface area contributed by atoms with Crippen LogP contribution in [0.5, 0.6) is 5.75 Å². The molecule has 0 aromatic carbocycles. The van der Waals surface area contributed by atoms with Gasteiger partial charge in [-0.15, -0.1) is 11.3 Å². The number of aromatic nitrogens is 7. The number of rotatable bonds is 4. The second kappa shape index (κ2) is 7.31. The van der Waals surface area contributed by atoms with Crippen LogP contribution in [-0.4, -0.2) is 46.0 Å². The van der Waals surface area contributed by atoms with Gasteiger partial charge < -0.3 is 10.1 Å². The highest BCUT2D eigenvalue weighted by Gasteiger charge is 2.18. The first kappa shape index (κ1) is 19.3. The molecule has 0 spiro atoms. The van der Waals surface area contributed by atoms with Crippen molar-refractivity contribution in [1.82, 2.24) is 35.1 Å². The molecule has 0 unspecified atom stereocenters. The van der Waals surface area contributed by atoms with Crippen LogP contribution in [0.15, 0.2) is 55.1 Å². The first-order chi connectivity index (χ1) is 16.1. The third-order valence-corrected chi connectivity index (χ3v) is 6.48. The summed E-state index contributed by atoms with van der Waals surface area (Å²) in [4.78, 5) is 34.5. The standard InChI is InChI=1S/C23H15N7O2S/c1-11(31)18-4-5-19(33-18)14-9-25-10-17-20(14)28-23(27-17)22-21-16(29-30-22)3-2-15(26-21)12-6-13(32)8-24-7-12/h2-10,32H,1H3,(H,27,28)(H,29,30). The molecule has 0 aliphatic rings.